The van der Waals surface area contributed by atoms with Crippen LogP contribution >= 0.6 is 11.6 Å². The first-order chi connectivity index (χ1) is 15.4. The van der Waals surface area contributed by atoms with E-state index in [1.165, 1.54) is 0 Å². The number of hydrogen-bond donors (Lipinski definition) is 2. The van der Waals surface area contributed by atoms with Gasteiger partial charge in [-0.1, -0.05) is 11.6 Å². The fraction of sp³-hybridized carbons (Fsp3) is 0.417. The van der Waals surface area contributed by atoms with Gasteiger partial charge in [0, 0.05) is 54.7 Å². The molecule has 0 aromatic heterocycles. The zero-order chi connectivity index (χ0) is 22.7. The Bertz CT molecular complexity index is 1000. The third-order valence-corrected chi connectivity index (χ3v) is 6.33. The van der Waals surface area contributed by atoms with Crippen LogP contribution in [0.3, 0.4) is 0 Å². The summed E-state index contributed by atoms with van der Waals surface area (Å²) in [5.41, 5.74) is 2.15. The number of halogens is 1. The van der Waals surface area contributed by atoms with Gasteiger partial charge in [0.25, 0.3) is 0 Å². The first-order valence-electron chi connectivity index (χ1n) is 10.8. The molecule has 0 aliphatic carbocycles. The van der Waals surface area contributed by atoms with Gasteiger partial charge < -0.3 is 19.5 Å². The van der Waals surface area contributed by atoms with E-state index < -0.39 is 5.66 Å². The number of piperidine rings is 1. The Kier molecular flexibility index (Phi) is 6.58. The topological polar surface area (TPSA) is 83.4 Å². The number of carbonyl (C=O) groups is 1. The Morgan fingerprint density at radius 3 is 2.62 bits per heavy atom. The minimum absolute atomic E-state index is 0.169. The Balaban J connectivity index is 1.66. The molecule has 2 aliphatic heterocycles. The third kappa shape index (κ3) is 4.69. The zero-order valence-corrected chi connectivity index (χ0v) is 19.1. The minimum Gasteiger partial charge on any atom is -0.508 e. The van der Waals surface area contributed by atoms with Crippen LogP contribution in [-0.2, 0) is 4.74 Å². The van der Waals surface area contributed by atoms with E-state index in [1.807, 2.05) is 24.3 Å². The molecular weight excluding hydrogens is 430 g/mol. The number of rotatable bonds is 4. The Labute approximate surface area is 193 Å². The van der Waals surface area contributed by atoms with Crippen molar-refractivity contribution in [3.63, 3.8) is 0 Å². The summed E-state index contributed by atoms with van der Waals surface area (Å²) in [6.45, 7) is 3.24. The first kappa shape index (κ1) is 22.4. The molecule has 1 saturated heterocycles. The van der Waals surface area contributed by atoms with E-state index in [-0.39, 0.29) is 17.9 Å². The maximum atomic E-state index is 12.2. The van der Waals surface area contributed by atoms with Crippen LogP contribution in [-0.4, -0.2) is 54.3 Å². The Morgan fingerprint density at radius 1 is 1.25 bits per heavy atom. The summed E-state index contributed by atoms with van der Waals surface area (Å²) in [7, 11) is 1.64. The van der Waals surface area contributed by atoms with Crippen molar-refractivity contribution in [1.82, 2.24) is 10.2 Å². The molecule has 2 aromatic rings. The van der Waals surface area contributed by atoms with Gasteiger partial charge in [-0.05, 0) is 55.0 Å². The van der Waals surface area contributed by atoms with E-state index in [1.54, 1.807) is 37.1 Å². The van der Waals surface area contributed by atoms with Crippen LogP contribution in [0.4, 0.5) is 4.79 Å². The fourth-order valence-corrected chi connectivity index (χ4v) is 4.57. The predicted octanol–water partition coefficient (Wildman–Crippen LogP) is 4.53. The van der Waals surface area contributed by atoms with Crippen molar-refractivity contribution in [1.29, 1.82) is 0 Å². The number of aromatic hydroxyl groups is 1. The van der Waals surface area contributed by atoms with Gasteiger partial charge in [-0.3, -0.25) is 10.3 Å². The van der Waals surface area contributed by atoms with Gasteiger partial charge in [-0.2, -0.15) is 0 Å². The molecule has 7 nitrogen and oxygen atoms in total. The molecule has 1 amide bonds. The lowest BCUT2D eigenvalue weighted by molar-refractivity contribution is 0.0778. The molecule has 1 spiro atoms. The normalized spacial score (nSPS) is 20.0. The van der Waals surface area contributed by atoms with E-state index in [4.69, 9.17) is 26.1 Å². The molecule has 32 heavy (non-hydrogen) atoms. The highest BCUT2D eigenvalue weighted by Crippen LogP contribution is 2.38. The van der Waals surface area contributed by atoms with Gasteiger partial charge in [0.15, 0.2) is 0 Å². The lowest BCUT2D eigenvalue weighted by Crippen LogP contribution is -2.56. The Hall–Kier alpha value is -2.77. The van der Waals surface area contributed by atoms with E-state index in [0.29, 0.717) is 44.0 Å². The van der Waals surface area contributed by atoms with Crippen molar-refractivity contribution in [2.45, 2.75) is 37.9 Å². The predicted molar refractivity (Wildman–Crippen MR) is 124 cm³/mol. The van der Waals surface area contributed by atoms with E-state index in [2.05, 4.69) is 5.32 Å². The highest BCUT2D eigenvalue weighted by molar-refractivity contribution is 6.30. The second-order valence-corrected chi connectivity index (χ2v) is 8.55. The highest BCUT2D eigenvalue weighted by atomic mass is 35.5. The number of likely N-dealkylation sites (tertiary alicyclic amines) is 1. The number of phenolic OH excluding ortho intramolecular Hbond substituents is 1. The van der Waals surface area contributed by atoms with Crippen LogP contribution in [0.2, 0.25) is 5.02 Å². The van der Waals surface area contributed by atoms with Crippen molar-refractivity contribution < 1.29 is 19.4 Å². The number of methoxy groups -OCH3 is 1. The van der Waals surface area contributed by atoms with Gasteiger partial charge in [-0.15, -0.1) is 0 Å². The number of phenols is 1. The van der Waals surface area contributed by atoms with Gasteiger partial charge >= 0.3 is 6.09 Å². The maximum Gasteiger partial charge on any atom is 0.409 e. The number of nitrogens with zero attached hydrogens (tertiary/aromatic N) is 2. The number of amides is 1. The molecule has 2 aliphatic rings. The fourth-order valence-electron chi connectivity index (χ4n) is 4.39. The molecule has 2 heterocycles. The van der Waals surface area contributed by atoms with E-state index >= 15 is 0 Å². The van der Waals surface area contributed by atoms with E-state index in [9.17, 15) is 9.90 Å². The SMILES string of the molecule is CCOC(=O)N1CCC2(CC1)N=C(c1ccc(OC)cc1)C[C@@H](c1cc(Cl)ccc1O)N2. The second kappa shape index (κ2) is 9.38. The molecule has 2 N–H and O–H groups in total. The number of carbonyl (C=O) groups excluding carboxylic acids is 1. The van der Waals surface area contributed by atoms with Gasteiger partial charge in [0.2, 0.25) is 0 Å². The summed E-state index contributed by atoms with van der Waals surface area (Å²) in [6.07, 6.45) is 1.59. The van der Waals surface area contributed by atoms with E-state index in [0.717, 1.165) is 22.6 Å². The molecular formula is C24H28ClN3O4. The van der Waals surface area contributed by atoms with Crippen molar-refractivity contribution in [2.75, 3.05) is 26.8 Å². The van der Waals surface area contributed by atoms with Crippen LogP contribution in [0.15, 0.2) is 47.5 Å². The number of hydrogen-bond acceptors (Lipinski definition) is 6. The second-order valence-electron chi connectivity index (χ2n) is 8.11. The summed E-state index contributed by atoms with van der Waals surface area (Å²) >= 11 is 6.24. The zero-order valence-electron chi connectivity index (χ0n) is 18.3. The molecule has 0 saturated carbocycles. The third-order valence-electron chi connectivity index (χ3n) is 6.09. The number of ether oxygens (including phenoxy) is 2. The van der Waals surface area contributed by atoms with Gasteiger partial charge in [-0.25, -0.2) is 4.79 Å². The number of aliphatic imine (C=N–C) groups is 1. The van der Waals surface area contributed by atoms with Crippen LogP contribution in [0, 0.1) is 0 Å². The lowest BCUT2D eigenvalue weighted by atomic mass is 9.87. The molecule has 8 heteroatoms. The summed E-state index contributed by atoms with van der Waals surface area (Å²) in [4.78, 5) is 19.0. The molecule has 0 bridgehead atoms. The molecule has 1 atom stereocenters. The molecule has 0 unspecified atom stereocenters. The smallest absolute Gasteiger partial charge is 0.409 e. The summed E-state index contributed by atoms with van der Waals surface area (Å²) in [6, 6.07) is 12.8. The van der Waals surface area contributed by atoms with Crippen molar-refractivity contribution >= 4 is 23.4 Å². The monoisotopic (exact) mass is 457 g/mol. The number of benzene rings is 2. The number of nitrogens with one attached hydrogen (secondary N) is 1. The largest absolute Gasteiger partial charge is 0.508 e. The van der Waals surface area contributed by atoms with Crippen molar-refractivity contribution in [3.05, 3.63) is 58.6 Å². The van der Waals surface area contributed by atoms with Crippen LogP contribution < -0.4 is 10.1 Å². The average molecular weight is 458 g/mol. The van der Waals surface area contributed by atoms with Crippen LogP contribution in [0.25, 0.3) is 0 Å². The highest BCUT2D eigenvalue weighted by Gasteiger charge is 2.41. The summed E-state index contributed by atoms with van der Waals surface area (Å²) in [5.74, 6) is 0.978. The minimum atomic E-state index is -0.546. The molecule has 4 rings (SSSR count). The Morgan fingerprint density at radius 2 is 1.97 bits per heavy atom. The van der Waals surface area contributed by atoms with Crippen molar-refractivity contribution in [3.8, 4) is 11.5 Å². The van der Waals surface area contributed by atoms with Crippen molar-refractivity contribution in [2.24, 2.45) is 4.99 Å². The average Bonchev–Trinajstić information content (AvgIpc) is 2.81. The molecule has 2 aromatic carbocycles. The molecule has 1 fully saturated rings. The quantitative estimate of drug-likeness (QED) is 0.704. The standard InChI is InChI=1S/C24H28ClN3O4/c1-3-32-23(30)28-12-10-24(11-13-28)26-20(16-4-7-18(31-2)8-5-16)15-21(27-24)19-14-17(25)6-9-22(19)29/h4-9,14,21,27,29H,3,10-13,15H2,1-2H3/t21-/m0/s1. The first-order valence-corrected chi connectivity index (χ1v) is 11.2. The maximum absolute atomic E-state index is 12.2. The molecule has 170 valence electrons. The van der Waals surface area contributed by atoms with Crippen LogP contribution in [0.1, 0.15) is 43.4 Å². The van der Waals surface area contributed by atoms with Gasteiger partial charge in [0.05, 0.1) is 13.7 Å². The molecule has 0 radical (unpaired) electrons. The van der Waals surface area contributed by atoms with Crippen LogP contribution in [0.5, 0.6) is 11.5 Å². The lowest BCUT2D eigenvalue weighted by Gasteiger charge is -2.45. The van der Waals surface area contributed by atoms with Gasteiger partial charge in [0.1, 0.15) is 17.2 Å². The summed E-state index contributed by atoms with van der Waals surface area (Å²) < 4.78 is 10.5. The summed E-state index contributed by atoms with van der Waals surface area (Å²) in [5, 5.41) is 14.8.